The van der Waals surface area contributed by atoms with Crippen molar-refractivity contribution in [2.24, 2.45) is 5.92 Å². The molecule has 0 aliphatic heterocycles. The van der Waals surface area contributed by atoms with Crippen molar-refractivity contribution in [2.45, 2.75) is 11.8 Å². The molecular formula is C27H22O12. The van der Waals surface area contributed by atoms with E-state index in [4.69, 9.17) is 4.74 Å². The Morgan fingerprint density at radius 1 is 0.744 bits per heavy atom. The van der Waals surface area contributed by atoms with Crippen molar-refractivity contribution in [2.75, 3.05) is 6.61 Å². The average Bonchev–Trinajstić information content (AvgIpc) is 2.87. The van der Waals surface area contributed by atoms with Crippen LogP contribution in [-0.4, -0.2) is 65.4 Å². The summed E-state index contributed by atoms with van der Waals surface area (Å²) in [5.74, 6) is -11.7. The van der Waals surface area contributed by atoms with E-state index >= 15 is 0 Å². The molecule has 3 atom stereocenters. The van der Waals surface area contributed by atoms with Gasteiger partial charge in [-0.25, -0.2) is 4.79 Å². The number of esters is 1. The molecule has 0 bridgehead atoms. The molecular weight excluding hydrogens is 516 g/mol. The number of phenols is 6. The first-order valence-corrected chi connectivity index (χ1v) is 11.3. The van der Waals surface area contributed by atoms with Crippen molar-refractivity contribution in [3.05, 3.63) is 76.4 Å². The number of carboxylic acids is 2. The molecule has 0 saturated heterocycles. The number of carboxylic acid groups (broad SMARTS) is 2. The van der Waals surface area contributed by atoms with E-state index in [-0.39, 0.29) is 22.3 Å². The maximum Gasteiger partial charge on any atom is 0.334 e. The highest BCUT2D eigenvalue weighted by Crippen LogP contribution is 2.47. The van der Waals surface area contributed by atoms with Gasteiger partial charge in [0.25, 0.3) is 0 Å². The van der Waals surface area contributed by atoms with E-state index in [1.165, 1.54) is 12.1 Å². The van der Waals surface area contributed by atoms with E-state index in [0.29, 0.717) is 0 Å². The standard InChI is InChI=1S/C27H22O12/c28-17-3-1-11(6-19(17)30)16(25(34)35)10-39-27(38)15-5-13-8-21(32)22(33)9-14(13)23(24(15)26(36)37)12-2-4-18(29)20(31)7-12/h1-9,16,23-24,28-33H,10H2,(H,34,35)(H,36,37). The third-order valence-corrected chi connectivity index (χ3v) is 6.44. The second kappa shape index (κ2) is 10.2. The summed E-state index contributed by atoms with van der Waals surface area (Å²) < 4.78 is 5.21. The van der Waals surface area contributed by atoms with Crippen LogP contribution < -0.4 is 0 Å². The molecule has 0 spiro atoms. The minimum Gasteiger partial charge on any atom is -0.504 e. The number of carbonyl (C=O) groups excluding carboxylic acids is 1. The van der Waals surface area contributed by atoms with Gasteiger partial charge in [0.2, 0.25) is 0 Å². The molecule has 0 amide bonds. The van der Waals surface area contributed by atoms with Crippen LogP contribution in [0.25, 0.3) is 6.08 Å². The number of ether oxygens (including phenoxy) is 1. The van der Waals surface area contributed by atoms with Gasteiger partial charge in [-0.05, 0) is 64.7 Å². The number of hydrogen-bond donors (Lipinski definition) is 8. The van der Waals surface area contributed by atoms with Crippen LogP contribution in [0.3, 0.4) is 0 Å². The van der Waals surface area contributed by atoms with Crippen molar-refractivity contribution in [1.29, 1.82) is 0 Å². The summed E-state index contributed by atoms with van der Waals surface area (Å²) in [4.78, 5) is 37.5. The number of rotatable bonds is 7. The Labute approximate surface area is 219 Å². The Morgan fingerprint density at radius 3 is 1.92 bits per heavy atom. The molecule has 1 aliphatic rings. The maximum absolute atomic E-state index is 13.2. The van der Waals surface area contributed by atoms with Crippen LogP contribution in [0.4, 0.5) is 0 Å². The Kier molecular flexibility index (Phi) is 6.95. The molecule has 0 fully saturated rings. The van der Waals surface area contributed by atoms with Gasteiger partial charge in [-0.15, -0.1) is 0 Å². The van der Waals surface area contributed by atoms with E-state index in [1.54, 1.807) is 0 Å². The van der Waals surface area contributed by atoms with Crippen molar-refractivity contribution in [3.8, 4) is 34.5 Å². The van der Waals surface area contributed by atoms with Crippen LogP contribution in [0.15, 0.2) is 54.1 Å². The number of benzene rings is 3. The fraction of sp³-hybridized carbons (Fsp3) is 0.148. The molecule has 39 heavy (non-hydrogen) atoms. The van der Waals surface area contributed by atoms with Crippen molar-refractivity contribution in [3.63, 3.8) is 0 Å². The zero-order chi connectivity index (χ0) is 28.6. The van der Waals surface area contributed by atoms with Crippen LogP contribution in [-0.2, 0) is 19.1 Å². The molecule has 0 radical (unpaired) electrons. The average molecular weight is 538 g/mol. The normalized spacial score (nSPS) is 17.0. The Morgan fingerprint density at radius 2 is 1.33 bits per heavy atom. The highest BCUT2D eigenvalue weighted by atomic mass is 16.5. The molecule has 12 nitrogen and oxygen atoms in total. The lowest BCUT2D eigenvalue weighted by atomic mass is 9.71. The Hall–Kier alpha value is -5.39. The molecule has 202 valence electrons. The zero-order valence-corrected chi connectivity index (χ0v) is 19.8. The molecule has 3 unspecified atom stereocenters. The third kappa shape index (κ3) is 5.07. The molecule has 1 aliphatic carbocycles. The smallest absolute Gasteiger partial charge is 0.334 e. The molecule has 12 heteroatoms. The SMILES string of the molecule is O=C(OCC(C(=O)O)c1ccc(O)c(O)c1)C1=Cc2cc(O)c(O)cc2C(c2ccc(O)c(O)c2)C1C(=O)O. The van der Waals surface area contributed by atoms with Gasteiger partial charge in [0, 0.05) is 5.92 Å². The molecule has 3 aromatic carbocycles. The van der Waals surface area contributed by atoms with Gasteiger partial charge >= 0.3 is 17.9 Å². The molecule has 0 heterocycles. The molecule has 3 aromatic rings. The van der Waals surface area contributed by atoms with Crippen molar-refractivity contribution >= 4 is 24.0 Å². The van der Waals surface area contributed by atoms with Gasteiger partial charge in [0.1, 0.15) is 12.5 Å². The highest BCUT2D eigenvalue weighted by molar-refractivity contribution is 6.02. The largest absolute Gasteiger partial charge is 0.504 e. The monoisotopic (exact) mass is 538 g/mol. The van der Waals surface area contributed by atoms with E-state index in [0.717, 1.165) is 42.5 Å². The zero-order valence-electron chi connectivity index (χ0n) is 19.8. The van der Waals surface area contributed by atoms with Gasteiger partial charge < -0.3 is 45.6 Å². The molecule has 8 N–H and O–H groups in total. The quantitative estimate of drug-likeness (QED) is 0.161. The minimum atomic E-state index is -1.65. The van der Waals surface area contributed by atoms with Crippen molar-refractivity contribution < 1.29 is 60.0 Å². The summed E-state index contributed by atoms with van der Waals surface area (Å²) in [6.07, 6.45) is 1.13. The second-order valence-electron chi connectivity index (χ2n) is 8.85. The number of phenolic OH excluding ortho intramolecular Hbond substituents is 6. The van der Waals surface area contributed by atoms with E-state index in [2.05, 4.69) is 0 Å². The predicted octanol–water partition coefficient (Wildman–Crippen LogP) is 2.56. The van der Waals surface area contributed by atoms with Gasteiger partial charge in [-0.1, -0.05) is 12.1 Å². The van der Waals surface area contributed by atoms with Gasteiger partial charge in [0.15, 0.2) is 34.5 Å². The molecule has 4 rings (SSSR count). The summed E-state index contributed by atoms with van der Waals surface area (Å²) in [5.41, 5.74) is 0.0508. The number of carbonyl (C=O) groups is 3. The second-order valence-corrected chi connectivity index (χ2v) is 8.85. The third-order valence-electron chi connectivity index (χ3n) is 6.44. The van der Waals surface area contributed by atoms with Crippen molar-refractivity contribution in [1.82, 2.24) is 0 Å². The first kappa shape index (κ1) is 26.7. The van der Waals surface area contributed by atoms with Crippen LogP contribution in [0.5, 0.6) is 34.5 Å². The van der Waals surface area contributed by atoms with E-state index in [9.17, 15) is 55.2 Å². The van der Waals surface area contributed by atoms with E-state index < -0.39 is 82.3 Å². The lowest BCUT2D eigenvalue weighted by molar-refractivity contribution is -0.149. The summed E-state index contributed by atoms with van der Waals surface area (Å²) in [6.45, 7) is -0.763. The first-order chi connectivity index (χ1) is 18.4. The Bertz CT molecular complexity index is 1520. The Balaban J connectivity index is 1.76. The summed E-state index contributed by atoms with van der Waals surface area (Å²) in [5, 5.41) is 78.9. The first-order valence-electron chi connectivity index (χ1n) is 11.3. The summed E-state index contributed by atoms with van der Waals surface area (Å²) in [6, 6.07) is 8.99. The predicted molar refractivity (Wildman–Crippen MR) is 132 cm³/mol. The number of aromatic hydroxyl groups is 6. The van der Waals surface area contributed by atoms with Crippen LogP contribution in [0.1, 0.15) is 34.1 Å². The van der Waals surface area contributed by atoms with Crippen LogP contribution in [0, 0.1) is 5.92 Å². The van der Waals surface area contributed by atoms with Crippen LogP contribution in [0.2, 0.25) is 0 Å². The summed E-state index contributed by atoms with van der Waals surface area (Å²) in [7, 11) is 0. The maximum atomic E-state index is 13.2. The number of hydrogen-bond acceptors (Lipinski definition) is 10. The number of aliphatic carboxylic acids is 2. The number of fused-ring (bicyclic) bond motifs is 1. The van der Waals surface area contributed by atoms with Crippen LogP contribution >= 0.6 is 0 Å². The van der Waals surface area contributed by atoms with Gasteiger partial charge in [0.05, 0.1) is 11.5 Å². The fourth-order valence-corrected chi connectivity index (χ4v) is 4.50. The minimum absolute atomic E-state index is 0.00111. The van der Waals surface area contributed by atoms with Gasteiger partial charge in [-0.3, -0.25) is 9.59 Å². The van der Waals surface area contributed by atoms with Gasteiger partial charge in [-0.2, -0.15) is 0 Å². The lowest BCUT2D eigenvalue weighted by Gasteiger charge is -2.32. The topological polar surface area (TPSA) is 222 Å². The summed E-state index contributed by atoms with van der Waals surface area (Å²) >= 11 is 0. The highest BCUT2D eigenvalue weighted by Gasteiger charge is 2.42. The molecule has 0 saturated carbocycles. The molecule has 0 aromatic heterocycles. The fourth-order valence-electron chi connectivity index (χ4n) is 4.50. The lowest BCUT2D eigenvalue weighted by Crippen LogP contribution is -2.33. The van der Waals surface area contributed by atoms with E-state index in [1.807, 2.05) is 0 Å².